The van der Waals surface area contributed by atoms with Crippen LogP contribution in [0, 0.1) is 17.3 Å². The Morgan fingerprint density at radius 2 is 1.78 bits per heavy atom. The summed E-state index contributed by atoms with van der Waals surface area (Å²) in [5, 5.41) is 0. The first-order valence-electron chi connectivity index (χ1n) is 9.17. The van der Waals surface area contributed by atoms with Crippen molar-refractivity contribution in [2.24, 2.45) is 17.3 Å². The number of esters is 1. The molecule has 0 radical (unpaired) electrons. The van der Waals surface area contributed by atoms with Crippen molar-refractivity contribution in [1.82, 2.24) is 4.90 Å². The van der Waals surface area contributed by atoms with E-state index in [2.05, 4.69) is 0 Å². The zero-order chi connectivity index (χ0) is 19.1. The van der Waals surface area contributed by atoms with E-state index in [4.69, 9.17) is 14.2 Å². The number of ether oxygens (including phenoxy) is 3. The van der Waals surface area contributed by atoms with Crippen molar-refractivity contribution in [3.05, 3.63) is 23.3 Å². The number of carbonyl (C=O) groups excluding carboxylic acids is 3. The van der Waals surface area contributed by atoms with E-state index in [-0.39, 0.29) is 11.7 Å². The third kappa shape index (κ3) is 1.55. The van der Waals surface area contributed by atoms with Gasteiger partial charge in [-0.05, 0) is 36.1 Å². The second kappa shape index (κ2) is 5.03. The summed E-state index contributed by atoms with van der Waals surface area (Å²) in [4.78, 5) is 40.6. The van der Waals surface area contributed by atoms with E-state index < -0.39 is 28.8 Å². The number of piperidine rings is 1. The number of fused-ring (bicyclic) bond motifs is 2. The number of Topliss-reactive ketones (excluding diaryl/α,β-unsaturated/α-hetero) is 1. The van der Waals surface area contributed by atoms with Gasteiger partial charge in [-0.25, -0.2) is 0 Å². The van der Waals surface area contributed by atoms with Gasteiger partial charge in [-0.15, -0.1) is 0 Å². The lowest BCUT2D eigenvalue weighted by molar-refractivity contribution is -0.161. The van der Waals surface area contributed by atoms with Crippen molar-refractivity contribution in [1.29, 1.82) is 0 Å². The lowest BCUT2D eigenvalue weighted by Crippen LogP contribution is -2.59. The lowest BCUT2D eigenvalue weighted by atomic mass is 9.64. The number of hydrogen-bond acceptors (Lipinski definition) is 6. The van der Waals surface area contributed by atoms with Crippen LogP contribution in [0.4, 0.5) is 0 Å². The van der Waals surface area contributed by atoms with Crippen LogP contribution in [0.3, 0.4) is 0 Å². The third-order valence-electron chi connectivity index (χ3n) is 7.15. The summed E-state index contributed by atoms with van der Waals surface area (Å²) >= 11 is 0. The van der Waals surface area contributed by atoms with Gasteiger partial charge in [-0.2, -0.15) is 0 Å². The first-order chi connectivity index (χ1) is 13.0. The minimum absolute atomic E-state index is 0.00312. The number of rotatable bonds is 3. The Morgan fingerprint density at radius 3 is 2.44 bits per heavy atom. The Balaban J connectivity index is 1.81. The van der Waals surface area contributed by atoms with Crippen LogP contribution in [-0.2, 0) is 31.1 Å². The molecule has 7 heteroatoms. The van der Waals surface area contributed by atoms with E-state index in [9.17, 15) is 14.4 Å². The van der Waals surface area contributed by atoms with E-state index in [0.717, 1.165) is 11.1 Å². The highest BCUT2D eigenvalue weighted by Gasteiger charge is 2.91. The van der Waals surface area contributed by atoms with Crippen LogP contribution < -0.4 is 9.47 Å². The molecular weight excluding hydrogens is 350 g/mol. The summed E-state index contributed by atoms with van der Waals surface area (Å²) in [5.74, 6) is -0.550. The average Bonchev–Trinajstić information content (AvgIpc) is 3.35. The minimum atomic E-state index is -1.11. The molecule has 2 unspecified atom stereocenters. The fourth-order valence-corrected chi connectivity index (χ4v) is 6.20. The summed E-state index contributed by atoms with van der Waals surface area (Å²) in [6.45, 7) is 0.525. The van der Waals surface area contributed by atoms with Gasteiger partial charge in [0, 0.05) is 13.0 Å². The van der Waals surface area contributed by atoms with Gasteiger partial charge in [-0.3, -0.25) is 14.4 Å². The number of carbonyl (C=O) groups is 3. The molecule has 142 valence electrons. The van der Waals surface area contributed by atoms with Crippen LogP contribution in [0.1, 0.15) is 24.0 Å². The number of amides is 1. The van der Waals surface area contributed by atoms with Gasteiger partial charge in [0.15, 0.2) is 11.5 Å². The molecule has 27 heavy (non-hydrogen) atoms. The lowest BCUT2D eigenvalue weighted by Gasteiger charge is -2.51. The van der Waals surface area contributed by atoms with Gasteiger partial charge in [0.25, 0.3) is 0 Å². The first-order valence-corrected chi connectivity index (χ1v) is 9.17. The summed E-state index contributed by atoms with van der Waals surface area (Å²) in [6, 6.07) is 3.81. The normalized spacial score (nSPS) is 35.1. The molecule has 1 aromatic rings. The third-order valence-corrected chi connectivity index (χ3v) is 7.15. The number of hydrogen-bond donors (Lipinski definition) is 0. The van der Waals surface area contributed by atoms with Crippen molar-refractivity contribution >= 4 is 17.7 Å². The molecule has 7 nitrogen and oxygen atoms in total. The Morgan fingerprint density at radius 1 is 1.07 bits per heavy atom. The van der Waals surface area contributed by atoms with Crippen molar-refractivity contribution in [3.8, 4) is 11.5 Å². The SMILES string of the molecule is COC(=O)[C@]12C3C(=O)CC[C@]14c1cc(OC)c(OC)cc1CCN4C(=O)C32. The molecule has 4 atom stereocenters. The predicted octanol–water partition coefficient (Wildman–Crippen LogP) is 1.07. The summed E-state index contributed by atoms with van der Waals surface area (Å²) in [7, 11) is 4.47. The summed E-state index contributed by atoms with van der Waals surface area (Å²) < 4.78 is 16.1. The van der Waals surface area contributed by atoms with E-state index in [1.807, 2.05) is 17.0 Å². The van der Waals surface area contributed by atoms with E-state index >= 15 is 0 Å². The Labute approximate surface area is 156 Å². The molecule has 2 saturated carbocycles. The number of nitrogens with zero attached hydrogens (tertiary/aromatic N) is 1. The standard InChI is InChI=1S/C20H21NO6/c1-25-13-8-10-5-7-21-17(23)16-15-12(22)4-6-19(21,11(10)9-14(13)26-2)20(15,16)18(24)27-3/h8-9,15-16H,4-7H2,1-3H3/t15?,16?,19-,20+/m0/s1. The Hall–Kier alpha value is -2.57. The quantitative estimate of drug-likeness (QED) is 0.739. The van der Waals surface area contributed by atoms with Crippen molar-refractivity contribution in [3.63, 3.8) is 0 Å². The Kier molecular flexibility index (Phi) is 3.09. The molecule has 4 aliphatic rings. The molecule has 3 fully saturated rings. The van der Waals surface area contributed by atoms with Gasteiger partial charge < -0.3 is 19.1 Å². The Bertz CT molecular complexity index is 910. The molecule has 1 amide bonds. The fourth-order valence-electron chi connectivity index (χ4n) is 6.20. The average molecular weight is 371 g/mol. The van der Waals surface area contributed by atoms with Crippen LogP contribution in [0.2, 0.25) is 0 Å². The van der Waals surface area contributed by atoms with E-state index in [1.54, 1.807) is 14.2 Å². The fraction of sp³-hybridized carbons (Fsp3) is 0.550. The molecule has 1 spiro atoms. The minimum Gasteiger partial charge on any atom is -0.493 e. The summed E-state index contributed by atoms with van der Waals surface area (Å²) in [5.41, 5.74) is -0.0282. The monoisotopic (exact) mass is 371 g/mol. The maximum atomic E-state index is 13.2. The molecule has 1 aromatic carbocycles. The van der Waals surface area contributed by atoms with Crippen LogP contribution >= 0.6 is 0 Å². The molecule has 5 rings (SSSR count). The largest absolute Gasteiger partial charge is 0.493 e. The van der Waals surface area contributed by atoms with Gasteiger partial charge >= 0.3 is 5.97 Å². The molecule has 0 bridgehead atoms. The highest BCUT2D eigenvalue weighted by molar-refractivity contribution is 6.10. The van der Waals surface area contributed by atoms with Gasteiger partial charge in [0.05, 0.1) is 38.7 Å². The van der Waals surface area contributed by atoms with Crippen LogP contribution in [0.5, 0.6) is 11.5 Å². The number of benzene rings is 1. The molecule has 2 heterocycles. The van der Waals surface area contributed by atoms with Crippen molar-refractivity contribution in [2.75, 3.05) is 27.9 Å². The maximum Gasteiger partial charge on any atom is 0.316 e. The number of ketones is 1. The number of methoxy groups -OCH3 is 3. The molecular formula is C20H21NO6. The van der Waals surface area contributed by atoms with Crippen LogP contribution in [0.15, 0.2) is 12.1 Å². The topological polar surface area (TPSA) is 82.1 Å². The molecule has 0 aromatic heterocycles. The van der Waals surface area contributed by atoms with E-state index in [0.29, 0.717) is 37.3 Å². The molecule has 2 aliphatic carbocycles. The van der Waals surface area contributed by atoms with Crippen molar-refractivity contribution in [2.45, 2.75) is 24.8 Å². The highest BCUT2D eigenvalue weighted by Crippen LogP contribution is 2.79. The van der Waals surface area contributed by atoms with Gasteiger partial charge in [0.1, 0.15) is 11.2 Å². The first kappa shape index (κ1) is 16.6. The zero-order valence-electron chi connectivity index (χ0n) is 15.5. The van der Waals surface area contributed by atoms with E-state index in [1.165, 1.54) is 7.11 Å². The predicted molar refractivity (Wildman–Crippen MR) is 92.3 cm³/mol. The smallest absolute Gasteiger partial charge is 0.316 e. The molecule has 1 saturated heterocycles. The van der Waals surface area contributed by atoms with Gasteiger partial charge in [-0.1, -0.05) is 0 Å². The highest BCUT2D eigenvalue weighted by atomic mass is 16.5. The summed E-state index contributed by atoms with van der Waals surface area (Å²) in [6.07, 6.45) is 1.46. The zero-order valence-corrected chi connectivity index (χ0v) is 15.5. The maximum absolute atomic E-state index is 13.2. The second-order valence-electron chi connectivity index (χ2n) is 7.75. The van der Waals surface area contributed by atoms with Crippen molar-refractivity contribution < 1.29 is 28.6 Å². The molecule has 2 aliphatic heterocycles. The van der Waals surface area contributed by atoms with Crippen LogP contribution in [-0.4, -0.2) is 50.4 Å². The second-order valence-corrected chi connectivity index (χ2v) is 7.75. The van der Waals surface area contributed by atoms with Gasteiger partial charge in [0.2, 0.25) is 5.91 Å². The molecule has 0 N–H and O–H groups in total. The van der Waals surface area contributed by atoms with Crippen LogP contribution in [0.25, 0.3) is 0 Å².